The van der Waals surface area contributed by atoms with Crippen molar-refractivity contribution in [1.29, 1.82) is 0 Å². The molecule has 1 amide bonds. The number of thioether (sulfide) groups is 1. The number of halogens is 1. The molecule has 0 aliphatic rings. The summed E-state index contributed by atoms with van der Waals surface area (Å²) in [6, 6.07) is 6.66. The first-order valence-corrected chi connectivity index (χ1v) is 7.99. The number of nitrogens with one attached hydrogen (secondary N) is 1. The maximum Gasteiger partial charge on any atom is 0.241 e. The Morgan fingerprint density at radius 1 is 1.50 bits per heavy atom. The Kier molecular flexibility index (Phi) is 5.23. The van der Waals surface area contributed by atoms with Gasteiger partial charge in [-0.15, -0.1) is 0 Å². The van der Waals surface area contributed by atoms with Crippen molar-refractivity contribution in [2.45, 2.75) is 12.5 Å². The molecular weight excluding hydrogens is 294 g/mol. The Morgan fingerprint density at radius 2 is 2.30 bits per heavy atom. The molecule has 6 heteroatoms. The predicted molar refractivity (Wildman–Crippen MR) is 86.4 cm³/mol. The van der Waals surface area contributed by atoms with Gasteiger partial charge in [-0.05, 0) is 42.7 Å². The largest absolute Gasteiger partial charge is 0.324 e. The molecule has 4 nitrogen and oxygen atoms in total. The number of benzene rings is 1. The molecule has 0 aliphatic heterocycles. The van der Waals surface area contributed by atoms with Gasteiger partial charge in [-0.1, -0.05) is 11.6 Å². The van der Waals surface area contributed by atoms with Crippen LogP contribution in [0.15, 0.2) is 30.5 Å². The van der Waals surface area contributed by atoms with Crippen LogP contribution in [0.25, 0.3) is 10.9 Å². The molecule has 2 rings (SSSR count). The third-order valence-electron chi connectivity index (χ3n) is 2.95. The number of nitrogens with two attached hydrogens (primary N) is 1. The zero-order valence-corrected chi connectivity index (χ0v) is 12.7. The molecule has 3 N–H and O–H groups in total. The van der Waals surface area contributed by atoms with E-state index in [9.17, 15) is 4.79 Å². The Labute approximate surface area is 127 Å². The van der Waals surface area contributed by atoms with Gasteiger partial charge in [0.15, 0.2) is 0 Å². The minimum atomic E-state index is -0.509. The minimum absolute atomic E-state index is 0.188. The normalized spacial score (nSPS) is 12.3. The van der Waals surface area contributed by atoms with Gasteiger partial charge < -0.3 is 11.1 Å². The van der Waals surface area contributed by atoms with Crippen molar-refractivity contribution < 1.29 is 4.79 Å². The van der Waals surface area contributed by atoms with E-state index in [2.05, 4.69) is 10.3 Å². The van der Waals surface area contributed by atoms with Crippen molar-refractivity contribution in [3.8, 4) is 0 Å². The van der Waals surface area contributed by atoms with Crippen LogP contribution in [0.4, 0.5) is 5.69 Å². The quantitative estimate of drug-likeness (QED) is 0.891. The molecule has 20 heavy (non-hydrogen) atoms. The summed E-state index contributed by atoms with van der Waals surface area (Å²) in [4.78, 5) is 16.3. The second-order valence-corrected chi connectivity index (χ2v) is 5.76. The van der Waals surface area contributed by atoms with Gasteiger partial charge in [0.1, 0.15) is 0 Å². The van der Waals surface area contributed by atoms with E-state index in [0.717, 1.165) is 11.1 Å². The van der Waals surface area contributed by atoms with E-state index in [4.69, 9.17) is 17.3 Å². The number of anilines is 1. The van der Waals surface area contributed by atoms with Crippen molar-refractivity contribution in [1.82, 2.24) is 4.98 Å². The van der Waals surface area contributed by atoms with Gasteiger partial charge in [-0.2, -0.15) is 11.8 Å². The maximum absolute atomic E-state index is 12.0. The molecule has 0 radical (unpaired) electrons. The van der Waals surface area contributed by atoms with Crippen LogP contribution < -0.4 is 11.1 Å². The highest BCUT2D eigenvalue weighted by Crippen LogP contribution is 2.28. The highest BCUT2D eigenvalue weighted by Gasteiger charge is 2.15. The van der Waals surface area contributed by atoms with Gasteiger partial charge in [0.05, 0.1) is 22.3 Å². The fourth-order valence-electron chi connectivity index (χ4n) is 1.85. The smallest absolute Gasteiger partial charge is 0.241 e. The van der Waals surface area contributed by atoms with E-state index >= 15 is 0 Å². The molecular formula is C14H16ClN3OS. The number of carbonyl (C=O) groups excluding carboxylic acids is 1. The number of hydrogen-bond donors (Lipinski definition) is 2. The van der Waals surface area contributed by atoms with Crippen LogP contribution in [0.3, 0.4) is 0 Å². The molecule has 0 bridgehead atoms. The third kappa shape index (κ3) is 3.42. The van der Waals surface area contributed by atoms with E-state index < -0.39 is 6.04 Å². The number of amides is 1. The number of pyridine rings is 1. The van der Waals surface area contributed by atoms with Gasteiger partial charge in [-0.25, -0.2) is 0 Å². The highest BCUT2D eigenvalue weighted by atomic mass is 35.5. The molecule has 1 aromatic heterocycles. The van der Waals surface area contributed by atoms with Crippen molar-refractivity contribution in [2.24, 2.45) is 5.73 Å². The molecule has 106 valence electrons. The number of rotatable bonds is 5. The van der Waals surface area contributed by atoms with Gasteiger partial charge in [0, 0.05) is 11.6 Å². The summed E-state index contributed by atoms with van der Waals surface area (Å²) in [5.74, 6) is 0.670. The average Bonchev–Trinajstić information content (AvgIpc) is 2.47. The summed E-state index contributed by atoms with van der Waals surface area (Å²) in [7, 11) is 0. The predicted octanol–water partition coefficient (Wildman–Crippen LogP) is 2.91. The second kappa shape index (κ2) is 6.92. The van der Waals surface area contributed by atoms with Crippen LogP contribution in [-0.4, -0.2) is 28.9 Å². The van der Waals surface area contributed by atoms with Crippen LogP contribution >= 0.6 is 23.4 Å². The summed E-state index contributed by atoms with van der Waals surface area (Å²) in [5.41, 5.74) is 7.21. The zero-order valence-electron chi connectivity index (χ0n) is 11.1. The Balaban J connectivity index is 2.22. The van der Waals surface area contributed by atoms with Gasteiger partial charge in [0.25, 0.3) is 0 Å². The van der Waals surface area contributed by atoms with Crippen LogP contribution in [0.1, 0.15) is 6.42 Å². The Morgan fingerprint density at radius 3 is 3.05 bits per heavy atom. The number of carbonyl (C=O) groups is 1. The van der Waals surface area contributed by atoms with Crippen LogP contribution in [0.5, 0.6) is 0 Å². The number of fused-ring (bicyclic) bond motifs is 1. The summed E-state index contributed by atoms with van der Waals surface area (Å²) >= 11 is 7.76. The molecule has 0 unspecified atom stereocenters. The van der Waals surface area contributed by atoms with E-state index in [1.807, 2.05) is 18.4 Å². The third-order valence-corrected chi connectivity index (χ3v) is 3.90. The van der Waals surface area contributed by atoms with Gasteiger partial charge in [-0.3, -0.25) is 9.78 Å². The zero-order chi connectivity index (χ0) is 14.5. The lowest BCUT2D eigenvalue weighted by Crippen LogP contribution is -2.36. The van der Waals surface area contributed by atoms with Crippen molar-refractivity contribution in [3.63, 3.8) is 0 Å². The molecule has 0 spiro atoms. The van der Waals surface area contributed by atoms with E-state index in [-0.39, 0.29) is 5.91 Å². The Hall–Kier alpha value is -1.30. The van der Waals surface area contributed by atoms with Crippen LogP contribution in [0, 0.1) is 0 Å². The summed E-state index contributed by atoms with van der Waals surface area (Å²) in [6.45, 7) is 0. The molecule has 0 saturated heterocycles. The van der Waals surface area contributed by atoms with Gasteiger partial charge >= 0.3 is 0 Å². The van der Waals surface area contributed by atoms with Gasteiger partial charge in [0.2, 0.25) is 5.91 Å². The lowest BCUT2D eigenvalue weighted by Gasteiger charge is -2.13. The minimum Gasteiger partial charge on any atom is -0.324 e. The Bertz CT molecular complexity index is 620. The molecule has 1 heterocycles. The monoisotopic (exact) mass is 309 g/mol. The number of aromatic nitrogens is 1. The average molecular weight is 310 g/mol. The molecule has 2 aromatic rings. The SMILES string of the molecule is CSCC[C@H](N)C(=O)Nc1ccc(Cl)c2ncccc12. The van der Waals surface area contributed by atoms with E-state index in [0.29, 0.717) is 22.6 Å². The second-order valence-electron chi connectivity index (χ2n) is 4.37. The number of hydrogen-bond acceptors (Lipinski definition) is 4. The first-order valence-electron chi connectivity index (χ1n) is 6.22. The first kappa shape index (κ1) is 15.1. The standard InChI is InChI=1S/C14H16ClN3OS/c1-20-8-6-11(16)14(19)18-12-5-4-10(15)13-9(12)3-2-7-17-13/h2-5,7,11H,6,8,16H2,1H3,(H,18,19)/t11-/m0/s1. The van der Waals surface area contributed by atoms with Crippen LogP contribution in [0.2, 0.25) is 5.02 Å². The lowest BCUT2D eigenvalue weighted by atomic mass is 10.1. The van der Waals surface area contributed by atoms with Crippen molar-refractivity contribution in [2.75, 3.05) is 17.3 Å². The van der Waals surface area contributed by atoms with E-state index in [1.165, 1.54) is 0 Å². The molecule has 1 aromatic carbocycles. The van der Waals surface area contributed by atoms with Crippen LogP contribution in [-0.2, 0) is 4.79 Å². The highest BCUT2D eigenvalue weighted by molar-refractivity contribution is 7.98. The van der Waals surface area contributed by atoms with E-state index in [1.54, 1.807) is 30.1 Å². The maximum atomic E-state index is 12.0. The molecule has 0 saturated carbocycles. The summed E-state index contributed by atoms with van der Waals surface area (Å²) in [5, 5.41) is 4.22. The fourth-order valence-corrected chi connectivity index (χ4v) is 2.55. The van der Waals surface area contributed by atoms with Crippen molar-refractivity contribution in [3.05, 3.63) is 35.5 Å². The summed E-state index contributed by atoms with van der Waals surface area (Å²) in [6.07, 6.45) is 4.31. The first-order chi connectivity index (χ1) is 9.63. The van der Waals surface area contributed by atoms with Crippen molar-refractivity contribution >= 4 is 45.9 Å². The molecule has 1 atom stereocenters. The molecule has 0 aliphatic carbocycles. The molecule has 0 fully saturated rings. The number of nitrogens with zero attached hydrogens (tertiary/aromatic N) is 1. The lowest BCUT2D eigenvalue weighted by molar-refractivity contribution is -0.117. The summed E-state index contributed by atoms with van der Waals surface area (Å²) < 4.78 is 0. The fraction of sp³-hybridized carbons (Fsp3) is 0.286. The topological polar surface area (TPSA) is 68.0 Å².